The molecule has 0 aromatic carbocycles. The van der Waals surface area contributed by atoms with Gasteiger partial charge in [-0.2, -0.15) is 0 Å². The first-order chi connectivity index (χ1) is 7.91. The van der Waals surface area contributed by atoms with Crippen LogP contribution in [0.3, 0.4) is 0 Å². The lowest BCUT2D eigenvalue weighted by Gasteiger charge is -2.51. The van der Waals surface area contributed by atoms with Crippen LogP contribution in [0.2, 0.25) is 0 Å². The Kier molecular flexibility index (Phi) is 3.48. The summed E-state index contributed by atoms with van der Waals surface area (Å²) in [4.78, 5) is 14.2. The number of amides is 1. The Balaban J connectivity index is 2.23. The highest BCUT2D eigenvalue weighted by Crippen LogP contribution is 2.41. The number of nitrogens with zero attached hydrogens (tertiary/aromatic N) is 1. The van der Waals surface area contributed by atoms with E-state index < -0.39 is 0 Å². The molecule has 1 heterocycles. The van der Waals surface area contributed by atoms with Crippen LogP contribution in [-0.2, 0) is 4.79 Å². The number of fused-ring (bicyclic) bond motifs is 1. The van der Waals surface area contributed by atoms with E-state index in [1.807, 2.05) is 0 Å². The van der Waals surface area contributed by atoms with Gasteiger partial charge in [0.05, 0.1) is 6.04 Å². The van der Waals surface area contributed by atoms with E-state index in [2.05, 4.69) is 25.7 Å². The maximum atomic E-state index is 11.8. The minimum absolute atomic E-state index is 0.0333. The van der Waals surface area contributed by atoms with Crippen molar-refractivity contribution in [1.82, 2.24) is 4.90 Å². The molecule has 1 saturated heterocycles. The molecule has 3 heteroatoms. The molecule has 0 radical (unpaired) electrons. The summed E-state index contributed by atoms with van der Waals surface area (Å²) in [5.74, 6) is 1.13. The smallest absolute Gasteiger partial charge is 0.235 e. The normalized spacial score (nSPS) is 35.4. The maximum Gasteiger partial charge on any atom is 0.235 e. The topological polar surface area (TPSA) is 46.3 Å². The summed E-state index contributed by atoms with van der Waals surface area (Å²) in [6.45, 7) is 7.59. The maximum absolute atomic E-state index is 11.8. The van der Waals surface area contributed by atoms with Crippen LogP contribution in [-0.4, -0.2) is 28.9 Å². The number of carbonyl (C=O) groups is 1. The van der Waals surface area contributed by atoms with E-state index in [1.165, 1.54) is 32.1 Å². The molecule has 1 unspecified atom stereocenters. The fourth-order valence-electron chi connectivity index (χ4n) is 3.80. The van der Waals surface area contributed by atoms with Gasteiger partial charge in [-0.25, -0.2) is 0 Å². The Morgan fingerprint density at radius 1 is 1.18 bits per heavy atom. The Hall–Kier alpha value is -0.570. The Labute approximate surface area is 105 Å². The molecule has 17 heavy (non-hydrogen) atoms. The van der Waals surface area contributed by atoms with Gasteiger partial charge in [-0.3, -0.25) is 9.69 Å². The summed E-state index contributed by atoms with van der Waals surface area (Å²) in [5, 5.41) is 0. The molecule has 1 amide bonds. The van der Waals surface area contributed by atoms with Crippen LogP contribution >= 0.6 is 0 Å². The van der Waals surface area contributed by atoms with Gasteiger partial charge in [-0.05, 0) is 52.0 Å². The third-order valence-electron chi connectivity index (χ3n) is 4.60. The van der Waals surface area contributed by atoms with E-state index >= 15 is 0 Å². The van der Waals surface area contributed by atoms with Gasteiger partial charge in [0, 0.05) is 5.54 Å². The van der Waals surface area contributed by atoms with Crippen molar-refractivity contribution in [3.63, 3.8) is 0 Å². The first kappa shape index (κ1) is 12.9. The van der Waals surface area contributed by atoms with E-state index in [9.17, 15) is 4.79 Å². The summed E-state index contributed by atoms with van der Waals surface area (Å²) < 4.78 is 0. The zero-order chi connectivity index (χ0) is 12.6. The van der Waals surface area contributed by atoms with E-state index in [-0.39, 0.29) is 17.5 Å². The lowest BCUT2D eigenvalue weighted by molar-refractivity contribution is -0.133. The number of likely N-dealkylation sites (tertiary alicyclic amines) is 1. The fraction of sp³-hybridized carbons (Fsp3) is 0.929. The quantitative estimate of drug-likeness (QED) is 0.761. The van der Waals surface area contributed by atoms with Crippen LogP contribution < -0.4 is 5.73 Å². The van der Waals surface area contributed by atoms with Crippen LogP contribution in [0.15, 0.2) is 0 Å². The molecule has 2 N–H and O–H groups in total. The fourth-order valence-corrected chi connectivity index (χ4v) is 3.80. The second-order valence-electron chi connectivity index (χ2n) is 6.71. The SMILES string of the molecule is CC(C)(C)N1CC[C@@H]2CCCC[C@@H]2C1C(N)=O. The highest BCUT2D eigenvalue weighted by molar-refractivity contribution is 5.80. The lowest BCUT2D eigenvalue weighted by atomic mass is 9.69. The molecule has 2 aliphatic rings. The number of hydrogen-bond donors (Lipinski definition) is 1. The number of nitrogens with two attached hydrogens (primary N) is 1. The lowest BCUT2D eigenvalue weighted by Crippen LogP contribution is -2.61. The average Bonchev–Trinajstić information content (AvgIpc) is 2.26. The van der Waals surface area contributed by atoms with Crippen LogP contribution in [0.1, 0.15) is 52.9 Å². The number of primary amides is 1. The van der Waals surface area contributed by atoms with Crippen molar-refractivity contribution in [3.8, 4) is 0 Å². The monoisotopic (exact) mass is 238 g/mol. The second-order valence-corrected chi connectivity index (χ2v) is 6.71. The Bertz CT molecular complexity index is 295. The van der Waals surface area contributed by atoms with Gasteiger partial charge in [0.15, 0.2) is 0 Å². The molecule has 0 spiro atoms. The molecule has 2 fully saturated rings. The molecule has 3 atom stereocenters. The minimum Gasteiger partial charge on any atom is -0.368 e. The molecule has 1 aliphatic heterocycles. The standard InChI is InChI=1S/C14H26N2O/c1-14(2,3)16-9-8-10-6-4-5-7-11(10)12(16)13(15)17/h10-12H,4-9H2,1-3H3,(H2,15,17)/t10-,11-,12?/m0/s1. The first-order valence-corrected chi connectivity index (χ1v) is 6.97. The van der Waals surface area contributed by atoms with Crippen molar-refractivity contribution in [2.75, 3.05) is 6.54 Å². The van der Waals surface area contributed by atoms with Crippen LogP contribution in [0.4, 0.5) is 0 Å². The van der Waals surface area contributed by atoms with Gasteiger partial charge < -0.3 is 5.73 Å². The molecule has 1 saturated carbocycles. The predicted molar refractivity (Wildman–Crippen MR) is 69.5 cm³/mol. The van der Waals surface area contributed by atoms with E-state index in [0.717, 1.165) is 12.5 Å². The zero-order valence-corrected chi connectivity index (χ0v) is 11.4. The third-order valence-corrected chi connectivity index (χ3v) is 4.60. The Morgan fingerprint density at radius 2 is 1.82 bits per heavy atom. The van der Waals surface area contributed by atoms with Crippen LogP contribution in [0, 0.1) is 11.8 Å². The molecule has 1 aliphatic carbocycles. The minimum atomic E-state index is -0.114. The summed E-state index contributed by atoms with van der Waals surface area (Å²) >= 11 is 0. The molecular weight excluding hydrogens is 212 g/mol. The molecule has 3 nitrogen and oxygen atoms in total. The van der Waals surface area contributed by atoms with E-state index in [4.69, 9.17) is 5.73 Å². The molecule has 98 valence electrons. The van der Waals surface area contributed by atoms with Crippen molar-refractivity contribution in [1.29, 1.82) is 0 Å². The summed E-state index contributed by atoms with van der Waals surface area (Å²) in [5.41, 5.74) is 5.72. The number of carbonyl (C=O) groups excluding carboxylic acids is 1. The van der Waals surface area contributed by atoms with Crippen molar-refractivity contribution < 1.29 is 4.79 Å². The van der Waals surface area contributed by atoms with Gasteiger partial charge in [-0.15, -0.1) is 0 Å². The zero-order valence-electron chi connectivity index (χ0n) is 11.4. The van der Waals surface area contributed by atoms with E-state index in [1.54, 1.807) is 0 Å². The molecule has 2 rings (SSSR count). The summed E-state index contributed by atoms with van der Waals surface area (Å²) in [6, 6.07) is -0.0333. The largest absolute Gasteiger partial charge is 0.368 e. The predicted octanol–water partition coefficient (Wildman–Crippen LogP) is 2.15. The van der Waals surface area contributed by atoms with Crippen molar-refractivity contribution >= 4 is 5.91 Å². The highest BCUT2D eigenvalue weighted by Gasteiger charge is 2.45. The van der Waals surface area contributed by atoms with Gasteiger partial charge in [0.2, 0.25) is 5.91 Å². The molecule has 0 aromatic heterocycles. The van der Waals surface area contributed by atoms with E-state index in [0.29, 0.717) is 5.92 Å². The van der Waals surface area contributed by atoms with Gasteiger partial charge in [-0.1, -0.05) is 19.3 Å². The summed E-state index contributed by atoms with van der Waals surface area (Å²) in [7, 11) is 0. The second kappa shape index (κ2) is 4.60. The van der Waals surface area contributed by atoms with Gasteiger partial charge in [0.25, 0.3) is 0 Å². The van der Waals surface area contributed by atoms with Gasteiger partial charge >= 0.3 is 0 Å². The van der Waals surface area contributed by atoms with Gasteiger partial charge in [0.1, 0.15) is 0 Å². The van der Waals surface area contributed by atoms with Crippen molar-refractivity contribution in [2.45, 2.75) is 64.5 Å². The van der Waals surface area contributed by atoms with Crippen LogP contribution in [0.25, 0.3) is 0 Å². The van der Waals surface area contributed by atoms with Crippen molar-refractivity contribution in [2.24, 2.45) is 17.6 Å². The van der Waals surface area contributed by atoms with Crippen molar-refractivity contribution in [3.05, 3.63) is 0 Å². The molecule has 0 aromatic rings. The highest BCUT2D eigenvalue weighted by atomic mass is 16.1. The van der Waals surface area contributed by atoms with Crippen LogP contribution in [0.5, 0.6) is 0 Å². The average molecular weight is 238 g/mol. The first-order valence-electron chi connectivity index (χ1n) is 6.97. The number of rotatable bonds is 1. The molecule has 0 bridgehead atoms. The third kappa shape index (κ3) is 2.49. The number of hydrogen-bond acceptors (Lipinski definition) is 2. The Morgan fingerprint density at radius 3 is 2.41 bits per heavy atom. The number of piperidine rings is 1. The summed E-state index contributed by atoms with van der Waals surface area (Å²) in [6.07, 6.45) is 6.33. The molecular formula is C14H26N2O.